The van der Waals surface area contributed by atoms with Gasteiger partial charge >= 0.3 is 0 Å². The second-order valence-corrected chi connectivity index (χ2v) is 8.55. The Labute approximate surface area is 144 Å². The van der Waals surface area contributed by atoms with Crippen LogP contribution >= 0.6 is 0 Å². The van der Waals surface area contributed by atoms with Crippen molar-refractivity contribution in [1.29, 1.82) is 0 Å². The Morgan fingerprint density at radius 2 is 1.52 bits per heavy atom. The summed E-state index contributed by atoms with van der Waals surface area (Å²) in [6.45, 7) is 11.0. The van der Waals surface area contributed by atoms with Crippen molar-refractivity contribution in [1.82, 2.24) is 5.32 Å². The summed E-state index contributed by atoms with van der Waals surface area (Å²) in [6, 6.07) is 0.147. The minimum atomic E-state index is -0.170. The van der Waals surface area contributed by atoms with Crippen LogP contribution in [0.2, 0.25) is 0 Å². The van der Waals surface area contributed by atoms with Crippen LogP contribution in [0, 0.1) is 5.41 Å². The van der Waals surface area contributed by atoms with E-state index in [9.17, 15) is 5.11 Å². The fourth-order valence-electron chi connectivity index (χ4n) is 3.76. The van der Waals surface area contributed by atoms with E-state index in [1.165, 1.54) is 57.8 Å². The third-order valence-electron chi connectivity index (χ3n) is 5.10. The van der Waals surface area contributed by atoms with Crippen LogP contribution in [0.5, 0.6) is 0 Å². The summed E-state index contributed by atoms with van der Waals surface area (Å²) in [7, 11) is 0. The molecular weight excluding hydrogens is 284 g/mol. The average Bonchev–Trinajstić information content (AvgIpc) is 2.81. The number of aliphatic hydroxyl groups is 1. The molecule has 0 aromatic rings. The number of rotatable bonds is 12. The van der Waals surface area contributed by atoms with Crippen molar-refractivity contribution < 1.29 is 5.11 Å². The number of hydrogen-bond donors (Lipinski definition) is 2. The third-order valence-corrected chi connectivity index (χ3v) is 5.10. The Morgan fingerprint density at radius 3 is 2.04 bits per heavy atom. The molecule has 3 heteroatoms. The number of hydrogen-bond acceptors (Lipinski definition) is 3. The first kappa shape index (κ1) is 20.5. The Balaban J connectivity index is 2.22. The molecule has 1 aliphatic rings. The lowest BCUT2D eigenvalue weighted by atomic mass is 9.76. The summed E-state index contributed by atoms with van der Waals surface area (Å²) in [6.07, 6.45) is 13.3. The van der Waals surface area contributed by atoms with Gasteiger partial charge < -0.3 is 10.4 Å². The van der Waals surface area contributed by atoms with Crippen LogP contribution in [0.3, 0.4) is 0 Å². The molecule has 0 saturated carbocycles. The first-order valence-corrected chi connectivity index (χ1v) is 9.79. The Kier molecular flexibility index (Phi) is 8.60. The fraction of sp³-hybridized carbons (Fsp3) is 0.950. The SMILES string of the molecule is CCCCCCCCCCCC1=NC(C(C)(C)CO)C(C)(C)N1. The van der Waals surface area contributed by atoms with Crippen molar-refractivity contribution in [3.63, 3.8) is 0 Å². The number of amidine groups is 1. The quantitative estimate of drug-likeness (QED) is 0.492. The Morgan fingerprint density at radius 1 is 1.00 bits per heavy atom. The van der Waals surface area contributed by atoms with E-state index >= 15 is 0 Å². The summed E-state index contributed by atoms with van der Waals surface area (Å²) in [5.74, 6) is 1.14. The lowest BCUT2D eigenvalue weighted by molar-refractivity contribution is 0.106. The van der Waals surface area contributed by atoms with Gasteiger partial charge in [-0.3, -0.25) is 4.99 Å². The second-order valence-electron chi connectivity index (χ2n) is 8.55. The molecule has 1 unspecified atom stereocenters. The van der Waals surface area contributed by atoms with E-state index in [-0.39, 0.29) is 23.6 Å². The van der Waals surface area contributed by atoms with Crippen molar-refractivity contribution in [3.05, 3.63) is 0 Å². The molecule has 0 aromatic heterocycles. The summed E-state index contributed by atoms with van der Waals surface area (Å²) >= 11 is 0. The molecule has 0 aromatic carbocycles. The molecule has 0 bridgehead atoms. The molecule has 0 saturated heterocycles. The van der Waals surface area contributed by atoms with E-state index in [2.05, 4.69) is 39.9 Å². The predicted octanol–water partition coefficient (Wildman–Crippen LogP) is 5.07. The topological polar surface area (TPSA) is 44.6 Å². The van der Waals surface area contributed by atoms with Gasteiger partial charge in [-0.1, -0.05) is 72.1 Å². The van der Waals surface area contributed by atoms with Gasteiger partial charge in [-0.15, -0.1) is 0 Å². The van der Waals surface area contributed by atoms with E-state index in [1.807, 2.05) is 0 Å². The highest BCUT2D eigenvalue weighted by Gasteiger charge is 2.44. The van der Waals surface area contributed by atoms with E-state index < -0.39 is 0 Å². The van der Waals surface area contributed by atoms with Gasteiger partial charge in [-0.05, 0) is 20.3 Å². The minimum Gasteiger partial charge on any atom is -0.396 e. The maximum absolute atomic E-state index is 9.63. The van der Waals surface area contributed by atoms with Gasteiger partial charge in [0.1, 0.15) is 0 Å². The van der Waals surface area contributed by atoms with Gasteiger partial charge in [-0.25, -0.2) is 0 Å². The summed E-state index contributed by atoms with van der Waals surface area (Å²) < 4.78 is 0. The zero-order valence-corrected chi connectivity index (χ0v) is 16.2. The maximum Gasteiger partial charge on any atom is 0.0972 e. The standard InChI is InChI=1S/C20H40N2O/c1-6-7-8-9-10-11-12-13-14-15-17-21-18(19(2,3)16-23)20(4,5)22-17/h18,23H,6-16H2,1-5H3,(H,21,22). The van der Waals surface area contributed by atoms with Crippen LogP contribution in [0.15, 0.2) is 4.99 Å². The molecule has 0 spiro atoms. The monoisotopic (exact) mass is 324 g/mol. The lowest BCUT2D eigenvalue weighted by Crippen LogP contribution is -2.51. The van der Waals surface area contributed by atoms with Crippen molar-refractivity contribution in [2.45, 2.75) is 110 Å². The lowest BCUT2D eigenvalue weighted by Gasteiger charge is -2.36. The van der Waals surface area contributed by atoms with Crippen molar-refractivity contribution in [2.75, 3.05) is 6.61 Å². The summed E-state index contributed by atoms with van der Waals surface area (Å²) in [5, 5.41) is 13.2. The normalized spacial score (nSPS) is 20.4. The van der Waals surface area contributed by atoms with E-state index in [4.69, 9.17) is 4.99 Å². The molecule has 0 amide bonds. The summed E-state index contributed by atoms with van der Waals surface area (Å²) in [4.78, 5) is 4.90. The first-order valence-electron chi connectivity index (χ1n) is 9.79. The van der Waals surface area contributed by atoms with Crippen LogP contribution in [-0.4, -0.2) is 29.1 Å². The molecule has 1 heterocycles. The van der Waals surface area contributed by atoms with Crippen LogP contribution < -0.4 is 5.32 Å². The van der Waals surface area contributed by atoms with Gasteiger partial charge in [-0.2, -0.15) is 0 Å². The highest BCUT2D eigenvalue weighted by molar-refractivity contribution is 5.85. The molecular formula is C20H40N2O. The Bertz CT molecular complexity index is 361. The van der Waals surface area contributed by atoms with Gasteiger partial charge in [0.05, 0.1) is 24.0 Å². The molecule has 136 valence electrons. The highest BCUT2D eigenvalue weighted by atomic mass is 16.3. The number of aliphatic imine (C=N–C) groups is 1. The van der Waals surface area contributed by atoms with Crippen LogP contribution in [-0.2, 0) is 0 Å². The van der Waals surface area contributed by atoms with Crippen molar-refractivity contribution >= 4 is 5.84 Å². The zero-order valence-electron chi connectivity index (χ0n) is 16.2. The third kappa shape index (κ3) is 6.82. The van der Waals surface area contributed by atoms with Gasteiger partial charge in [0.15, 0.2) is 0 Å². The van der Waals surface area contributed by atoms with Crippen LogP contribution in [0.4, 0.5) is 0 Å². The smallest absolute Gasteiger partial charge is 0.0972 e. The minimum absolute atomic E-state index is 0.0547. The molecule has 1 atom stereocenters. The molecule has 0 radical (unpaired) electrons. The molecule has 1 aliphatic heterocycles. The predicted molar refractivity (Wildman–Crippen MR) is 101 cm³/mol. The van der Waals surface area contributed by atoms with Crippen molar-refractivity contribution in [2.24, 2.45) is 10.4 Å². The second kappa shape index (κ2) is 9.66. The van der Waals surface area contributed by atoms with E-state index in [1.54, 1.807) is 0 Å². The molecule has 0 aliphatic carbocycles. The van der Waals surface area contributed by atoms with Gasteiger partial charge in [0.2, 0.25) is 0 Å². The van der Waals surface area contributed by atoms with Gasteiger partial charge in [0.25, 0.3) is 0 Å². The van der Waals surface area contributed by atoms with Crippen molar-refractivity contribution in [3.8, 4) is 0 Å². The maximum atomic E-state index is 9.63. The molecule has 2 N–H and O–H groups in total. The molecule has 3 nitrogen and oxygen atoms in total. The number of aliphatic hydroxyl groups excluding tert-OH is 1. The largest absolute Gasteiger partial charge is 0.396 e. The molecule has 0 fully saturated rings. The fourth-order valence-corrected chi connectivity index (χ4v) is 3.76. The zero-order chi connectivity index (χ0) is 17.3. The van der Waals surface area contributed by atoms with Crippen LogP contribution in [0.1, 0.15) is 98.8 Å². The van der Waals surface area contributed by atoms with E-state index in [0.29, 0.717) is 0 Å². The summed E-state index contributed by atoms with van der Waals surface area (Å²) in [5.41, 5.74) is -0.225. The number of unbranched alkanes of at least 4 members (excludes halogenated alkanes) is 8. The van der Waals surface area contributed by atoms with Gasteiger partial charge in [0, 0.05) is 11.8 Å². The average molecular weight is 325 g/mol. The Hall–Kier alpha value is -0.570. The highest BCUT2D eigenvalue weighted by Crippen LogP contribution is 2.34. The number of nitrogens with one attached hydrogen (secondary N) is 1. The first-order chi connectivity index (χ1) is 10.8. The number of nitrogens with zero attached hydrogens (tertiary/aromatic N) is 1. The van der Waals surface area contributed by atoms with Crippen LogP contribution in [0.25, 0.3) is 0 Å². The molecule has 1 rings (SSSR count). The molecule has 23 heavy (non-hydrogen) atoms. The van der Waals surface area contributed by atoms with E-state index in [0.717, 1.165) is 12.3 Å².